The summed E-state index contributed by atoms with van der Waals surface area (Å²) in [5, 5.41) is 0.559. The summed E-state index contributed by atoms with van der Waals surface area (Å²) in [4.78, 5) is 8.18. The molecule has 0 saturated heterocycles. The Morgan fingerprint density at radius 3 is 3.00 bits per heavy atom. The van der Waals surface area contributed by atoms with Crippen molar-refractivity contribution in [3.05, 3.63) is 18.2 Å². The van der Waals surface area contributed by atoms with Gasteiger partial charge in [-0.3, -0.25) is 0 Å². The highest BCUT2D eigenvalue weighted by Crippen LogP contribution is 2.30. The molecular weight excluding hydrogens is 224 g/mol. The summed E-state index contributed by atoms with van der Waals surface area (Å²) in [6.45, 7) is 2.59. The van der Waals surface area contributed by atoms with Gasteiger partial charge in [0.25, 0.3) is 0 Å². The Bertz CT molecular complexity index is 531. The van der Waals surface area contributed by atoms with Crippen LogP contribution in [0.2, 0.25) is 0 Å². The second-order valence-corrected chi connectivity index (χ2v) is 4.10. The number of hydrogen-bond donors (Lipinski definition) is 2. The lowest BCUT2D eigenvalue weighted by atomic mass is 10.3. The first-order chi connectivity index (χ1) is 7.69. The van der Waals surface area contributed by atoms with Crippen LogP contribution in [-0.2, 0) is 0 Å². The van der Waals surface area contributed by atoms with Crippen LogP contribution in [0.1, 0.15) is 6.92 Å². The van der Waals surface area contributed by atoms with Gasteiger partial charge in [0.05, 0.1) is 16.8 Å². The topological polar surface area (TPSA) is 86.5 Å². The van der Waals surface area contributed by atoms with Gasteiger partial charge in [-0.15, -0.1) is 0 Å². The summed E-state index contributed by atoms with van der Waals surface area (Å²) in [7, 11) is 0. The minimum atomic E-state index is 0.0177. The van der Waals surface area contributed by atoms with E-state index in [1.165, 1.54) is 11.3 Å². The van der Waals surface area contributed by atoms with E-state index in [4.69, 9.17) is 16.2 Å². The van der Waals surface area contributed by atoms with E-state index in [0.717, 1.165) is 16.0 Å². The highest BCUT2D eigenvalue weighted by Gasteiger charge is 2.04. The summed E-state index contributed by atoms with van der Waals surface area (Å²) in [6.07, 6.45) is 0. The van der Waals surface area contributed by atoms with Gasteiger partial charge in [0, 0.05) is 0 Å². The quantitative estimate of drug-likeness (QED) is 0.626. The van der Waals surface area contributed by atoms with Gasteiger partial charge in [0.15, 0.2) is 5.96 Å². The normalized spacial score (nSPS) is 10.3. The molecule has 0 unspecified atom stereocenters. The largest absolute Gasteiger partial charge is 0.494 e. The van der Waals surface area contributed by atoms with Gasteiger partial charge in [-0.2, -0.15) is 4.99 Å². The molecule has 0 radical (unpaired) electrons. The van der Waals surface area contributed by atoms with E-state index < -0.39 is 0 Å². The number of benzene rings is 1. The molecule has 84 valence electrons. The molecule has 0 bridgehead atoms. The maximum Gasteiger partial charge on any atom is 0.213 e. The zero-order chi connectivity index (χ0) is 11.5. The van der Waals surface area contributed by atoms with Crippen molar-refractivity contribution in [3.8, 4) is 5.75 Å². The fourth-order valence-corrected chi connectivity index (χ4v) is 2.19. The maximum atomic E-state index is 5.40. The van der Waals surface area contributed by atoms with Gasteiger partial charge in [0.1, 0.15) is 5.75 Å². The van der Waals surface area contributed by atoms with Crippen LogP contribution in [0.5, 0.6) is 5.75 Å². The van der Waals surface area contributed by atoms with Crippen LogP contribution in [0, 0.1) is 0 Å². The van der Waals surface area contributed by atoms with E-state index >= 15 is 0 Å². The fourth-order valence-electron chi connectivity index (χ4n) is 1.31. The molecule has 0 spiro atoms. The number of thiazole rings is 1. The SMILES string of the molecule is CCOc1ccc2nc(N=C(N)N)sc2c1. The number of guanidine groups is 1. The Kier molecular flexibility index (Phi) is 2.91. The standard InChI is InChI=1S/C10H12N4OS/c1-2-15-6-3-4-7-8(5-6)16-10(13-7)14-9(11)12/h3-5H,2H2,1H3,(H4,11,12,13,14). The summed E-state index contributed by atoms with van der Waals surface area (Å²) < 4.78 is 6.40. The van der Waals surface area contributed by atoms with Gasteiger partial charge in [-0.05, 0) is 25.1 Å². The van der Waals surface area contributed by atoms with Crippen molar-refractivity contribution in [2.24, 2.45) is 16.5 Å². The lowest BCUT2D eigenvalue weighted by Crippen LogP contribution is -2.21. The Morgan fingerprint density at radius 1 is 1.50 bits per heavy atom. The molecule has 16 heavy (non-hydrogen) atoms. The lowest BCUT2D eigenvalue weighted by molar-refractivity contribution is 0.341. The summed E-state index contributed by atoms with van der Waals surface area (Å²) in [5.74, 6) is 0.846. The lowest BCUT2D eigenvalue weighted by Gasteiger charge is -2.00. The first-order valence-electron chi connectivity index (χ1n) is 4.82. The third kappa shape index (κ3) is 2.22. The van der Waals surface area contributed by atoms with E-state index in [1.807, 2.05) is 25.1 Å². The number of rotatable bonds is 3. The molecule has 1 heterocycles. The van der Waals surface area contributed by atoms with E-state index in [-0.39, 0.29) is 5.96 Å². The van der Waals surface area contributed by atoms with Crippen molar-refractivity contribution in [1.82, 2.24) is 4.98 Å². The van der Waals surface area contributed by atoms with Gasteiger partial charge < -0.3 is 16.2 Å². The van der Waals surface area contributed by atoms with E-state index in [1.54, 1.807) is 0 Å². The van der Waals surface area contributed by atoms with Gasteiger partial charge in [-0.1, -0.05) is 11.3 Å². The van der Waals surface area contributed by atoms with Crippen LogP contribution in [0.3, 0.4) is 0 Å². The number of ether oxygens (including phenoxy) is 1. The minimum Gasteiger partial charge on any atom is -0.494 e. The van der Waals surface area contributed by atoms with Crippen LogP contribution in [0.4, 0.5) is 5.13 Å². The van der Waals surface area contributed by atoms with Gasteiger partial charge in [-0.25, -0.2) is 4.98 Å². The molecule has 0 saturated carbocycles. The number of nitrogens with zero attached hydrogens (tertiary/aromatic N) is 2. The molecule has 0 atom stereocenters. The average molecular weight is 236 g/mol. The van der Waals surface area contributed by atoms with Crippen LogP contribution < -0.4 is 16.2 Å². The molecule has 0 fully saturated rings. The second-order valence-electron chi connectivity index (χ2n) is 3.10. The van der Waals surface area contributed by atoms with Gasteiger partial charge in [0.2, 0.25) is 5.13 Å². The number of aliphatic imine (C=N–C) groups is 1. The summed E-state index contributed by atoms with van der Waals surface area (Å²) >= 11 is 1.43. The van der Waals surface area contributed by atoms with E-state index in [9.17, 15) is 0 Å². The molecule has 0 aliphatic heterocycles. The number of aromatic nitrogens is 1. The average Bonchev–Trinajstić information content (AvgIpc) is 2.58. The van der Waals surface area contributed by atoms with Crippen LogP contribution >= 0.6 is 11.3 Å². The Balaban J connectivity index is 2.42. The van der Waals surface area contributed by atoms with Crippen LogP contribution in [0.25, 0.3) is 10.2 Å². The summed E-state index contributed by atoms with van der Waals surface area (Å²) in [6, 6.07) is 5.70. The van der Waals surface area contributed by atoms with Crippen molar-refractivity contribution < 1.29 is 4.74 Å². The van der Waals surface area contributed by atoms with Crippen molar-refractivity contribution >= 4 is 32.6 Å². The smallest absolute Gasteiger partial charge is 0.213 e. The van der Waals surface area contributed by atoms with Crippen LogP contribution in [0.15, 0.2) is 23.2 Å². The molecular formula is C10H12N4OS. The highest BCUT2D eigenvalue weighted by molar-refractivity contribution is 7.22. The number of nitrogens with two attached hydrogens (primary N) is 2. The Labute approximate surface area is 96.8 Å². The first kappa shape index (κ1) is 10.7. The predicted molar refractivity (Wildman–Crippen MR) is 66.3 cm³/mol. The summed E-state index contributed by atoms with van der Waals surface area (Å²) in [5.41, 5.74) is 11.5. The van der Waals surface area contributed by atoms with Crippen molar-refractivity contribution in [2.75, 3.05) is 6.61 Å². The molecule has 2 aromatic rings. The molecule has 0 aliphatic rings. The molecule has 4 N–H and O–H groups in total. The highest BCUT2D eigenvalue weighted by atomic mass is 32.1. The van der Waals surface area contributed by atoms with Crippen molar-refractivity contribution in [3.63, 3.8) is 0 Å². The Morgan fingerprint density at radius 2 is 2.31 bits per heavy atom. The molecule has 5 nitrogen and oxygen atoms in total. The third-order valence-corrected chi connectivity index (χ3v) is 2.80. The predicted octanol–water partition coefficient (Wildman–Crippen LogP) is 1.60. The molecule has 1 aromatic carbocycles. The molecule has 0 aliphatic carbocycles. The van der Waals surface area contributed by atoms with Crippen molar-refractivity contribution in [2.45, 2.75) is 6.92 Å². The molecule has 2 rings (SSSR count). The second kappa shape index (κ2) is 4.36. The van der Waals surface area contributed by atoms with E-state index in [2.05, 4.69) is 9.98 Å². The monoisotopic (exact) mass is 236 g/mol. The van der Waals surface area contributed by atoms with Crippen LogP contribution in [-0.4, -0.2) is 17.6 Å². The zero-order valence-electron chi connectivity index (χ0n) is 8.80. The van der Waals surface area contributed by atoms with Gasteiger partial charge >= 0.3 is 0 Å². The molecule has 1 aromatic heterocycles. The minimum absolute atomic E-state index is 0.0177. The zero-order valence-corrected chi connectivity index (χ0v) is 9.62. The third-order valence-electron chi connectivity index (χ3n) is 1.88. The van der Waals surface area contributed by atoms with E-state index in [0.29, 0.717) is 11.7 Å². The fraction of sp³-hybridized carbons (Fsp3) is 0.200. The maximum absolute atomic E-state index is 5.40. The number of fused-ring (bicyclic) bond motifs is 1. The first-order valence-corrected chi connectivity index (χ1v) is 5.63. The molecule has 6 heteroatoms. The number of hydrogen-bond acceptors (Lipinski definition) is 4. The Hall–Kier alpha value is -1.82. The molecule has 0 amide bonds. The van der Waals surface area contributed by atoms with Crippen molar-refractivity contribution in [1.29, 1.82) is 0 Å².